The lowest BCUT2D eigenvalue weighted by atomic mass is 9.95. The second kappa shape index (κ2) is 9.03. The number of ether oxygens (including phenoxy) is 2. The number of carbonyl (C=O) groups is 1. The van der Waals surface area contributed by atoms with Crippen LogP contribution in [0.15, 0.2) is 57.9 Å². The predicted octanol–water partition coefficient (Wildman–Crippen LogP) is 4.72. The Bertz CT molecular complexity index is 1100. The summed E-state index contributed by atoms with van der Waals surface area (Å²) in [6, 6.07) is 12.6. The summed E-state index contributed by atoms with van der Waals surface area (Å²) in [5.41, 5.74) is 1.15. The van der Waals surface area contributed by atoms with Crippen molar-refractivity contribution in [1.82, 2.24) is 5.32 Å². The van der Waals surface area contributed by atoms with Crippen LogP contribution in [0.5, 0.6) is 17.2 Å². The van der Waals surface area contributed by atoms with E-state index in [9.17, 15) is 9.59 Å². The number of carbonyl (C=O) groups excluding carboxylic acids is 1. The predicted molar refractivity (Wildman–Crippen MR) is 114 cm³/mol. The SMILES string of the molecule is Cc1cccc(Oc2coc3cc(OCC(=O)NC4CCCCC4)ccc3c2=O)c1. The summed E-state index contributed by atoms with van der Waals surface area (Å²) in [5.74, 6) is 1.03. The van der Waals surface area contributed by atoms with Gasteiger partial charge in [-0.25, -0.2) is 0 Å². The van der Waals surface area contributed by atoms with Gasteiger partial charge in [-0.3, -0.25) is 9.59 Å². The summed E-state index contributed by atoms with van der Waals surface area (Å²) in [6.45, 7) is 1.88. The molecule has 1 fully saturated rings. The highest BCUT2D eigenvalue weighted by molar-refractivity contribution is 5.80. The van der Waals surface area contributed by atoms with E-state index < -0.39 is 0 Å². The van der Waals surface area contributed by atoms with Gasteiger partial charge in [0.05, 0.1) is 5.39 Å². The van der Waals surface area contributed by atoms with Gasteiger partial charge >= 0.3 is 0 Å². The molecule has 30 heavy (non-hydrogen) atoms. The van der Waals surface area contributed by atoms with Gasteiger partial charge in [-0.2, -0.15) is 0 Å². The molecular formula is C24H25NO5. The first kappa shape index (κ1) is 20.0. The van der Waals surface area contributed by atoms with Crippen molar-refractivity contribution >= 4 is 16.9 Å². The smallest absolute Gasteiger partial charge is 0.258 e. The average molecular weight is 407 g/mol. The van der Waals surface area contributed by atoms with Gasteiger partial charge in [0.25, 0.3) is 5.91 Å². The molecule has 1 aliphatic rings. The van der Waals surface area contributed by atoms with Gasteiger partial charge in [0.15, 0.2) is 6.61 Å². The summed E-state index contributed by atoms with van der Waals surface area (Å²) >= 11 is 0. The lowest BCUT2D eigenvalue weighted by Crippen LogP contribution is -2.38. The number of rotatable bonds is 6. The minimum Gasteiger partial charge on any atom is -0.484 e. The van der Waals surface area contributed by atoms with E-state index in [1.54, 1.807) is 24.3 Å². The third kappa shape index (κ3) is 4.82. The van der Waals surface area contributed by atoms with Gasteiger partial charge in [0, 0.05) is 12.1 Å². The van der Waals surface area contributed by atoms with Crippen LogP contribution < -0.4 is 20.2 Å². The second-order valence-electron chi connectivity index (χ2n) is 7.70. The van der Waals surface area contributed by atoms with Gasteiger partial charge in [0.1, 0.15) is 23.3 Å². The van der Waals surface area contributed by atoms with E-state index in [0.717, 1.165) is 31.2 Å². The average Bonchev–Trinajstić information content (AvgIpc) is 2.75. The third-order valence-corrected chi connectivity index (χ3v) is 5.27. The topological polar surface area (TPSA) is 77.8 Å². The molecule has 1 amide bonds. The molecule has 0 radical (unpaired) electrons. The molecule has 2 aromatic carbocycles. The van der Waals surface area contributed by atoms with Crippen molar-refractivity contribution < 1.29 is 18.7 Å². The van der Waals surface area contributed by atoms with Crippen molar-refractivity contribution in [2.75, 3.05) is 6.61 Å². The third-order valence-electron chi connectivity index (χ3n) is 5.27. The molecule has 0 aliphatic heterocycles. The van der Waals surface area contributed by atoms with Crippen molar-refractivity contribution in [3.05, 3.63) is 64.5 Å². The van der Waals surface area contributed by atoms with Gasteiger partial charge < -0.3 is 19.2 Å². The fraction of sp³-hybridized carbons (Fsp3) is 0.333. The minimum absolute atomic E-state index is 0.0687. The molecule has 156 valence electrons. The molecule has 1 aliphatic carbocycles. The lowest BCUT2D eigenvalue weighted by Gasteiger charge is -2.22. The molecule has 0 atom stereocenters. The van der Waals surface area contributed by atoms with Crippen LogP contribution in [-0.2, 0) is 4.79 Å². The number of nitrogens with one attached hydrogen (secondary N) is 1. The summed E-state index contributed by atoms with van der Waals surface area (Å²) in [6.07, 6.45) is 6.91. The Morgan fingerprint density at radius 1 is 1.10 bits per heavy atom. The first-order chi connectivity index (χ1) is 14.6. The van der Waals surface area contributed by atoms with Gasteiger partial charge in [0.2, 0.25) is 11.2 Å². The summed E-state index contributed by atoms with van der Waals surface area (Å²) in [5, 5.41) is 3.40. The van der Waals surface area contributed by atoms with Gasteiger partial charge in [-0.05, 0) is 49.6 Å². The molecule has 1 heterocycles. The molecule has 4 rings (SSSR count). The quantitative estimate of drug-likeness (QED) is 0.640. The van der Waals surface area contributed by atoms with E-state index in [1.807, 2.05) is 25.1 Å². The molecule has 1 aromatic heterocycles. The van der Waals surface area contributed by atoms with Crippen LogP contribution >= 0.6 is 0 Å². The van der Waals surface area contributed by atoms with Crippen LogP contribution in [0.2, 0.25) is 0 Å². The van der Waals surface area contributed by atoms with E-state index in [0.29, 0.717) is 22.5 Å². The van der Waals surface area contributed by atoms with Crippen molar-refractivity contribution in [3.63, 3.8) is 0 Å². The standard InChI is InChI=1S/C24H25NO5/c1-16-6-5-9-19(12-16)30-22-14-29-21-13-18(10-11-20(21)24(22)27)28-15-23(26)25-17-7-3-2-4-8-17/h5-6,9-14,17H,2-4,7-8,15H2,1H3,(H,25,26). The van der Waals surface area contributed by atoms with E-state index in [2.05, 4.69) is 5.32 Å². The van der Waals surface area contributed by atoms with Gasteiger partial charge in [-0.1, -0.05) is 31.4 Å². The maximum absolute atomic E-state index is 12.7. The molecule has 0 saturated heterocycles. The zero-order valence-corrected chi connectivity index (χ0v) is 17.0. The van der Waals surface area contributed by atoms with Crippen LogP contribution in [0.4, 0.5) is 0 Å². The molecule has 0 unspecified atom stereocenters. The van der Waals surface area contributed by atoms with Crippen LogP contribution in [-0.4, -0.2) is 18.6 Å². The highest BCUT2D eigenvalue weighted by Crippen LogP contribution is 2.24. The van der Waals surface area contributed by atoms with Crippen molar-refractivity contribution in [3.8, 4) is 17.2 Å². The summed E-state index contributed by atoms with van der Waals surface area (Å²) in [4.78, 5) is 24.8. The van der Waals surface area contributed by atoms with E-state index >= 15 is 0 Å². The molecule has 6 nitrogen and oxygen atoms in total. The Hall–Kier alpha value is -3.28. The number of aryl methyl sites for hydroxylation is 1. The second-order valence-corrected chi connectivity index (χ2v) is 7.70. The van der Waals surface area contributed by atoms with Crippen molar-refractivity contribution in [2.24, 2.45) is 0 Å². The molecule has 1 N–H and O–H groups in total. The molecule has 0 bridgehead atoms. The van der Waals surface area contributed by atoms with Crippen molar-refractivity contribution in [2.45, 2.75) is 45.1 Å². The molecule has 0 spiro atoms. The molecule has 1 saturated carbocycles. The van der Waals surface area contributed by atoms with E-state index in [4.69, 9.17) is 13.9 Å². The Morgan fingerprint density at radius 3 is 2.73 bits per heavy atom. The Labute approximate surface area is 174 Å². The van der Waals surface area contributed by atoms with E-state index in [-0.39, 0.29) is 29.7 Å². The Balaban J connectivity index is 1.43. The number of benzene rings is 2. The number of fused-ring (bicyclic) bond motifs is 1. The highest BCUT2D eigenvalue weighted by Gasteiger charge is 2.16. The van der Waals surface area contributed by atoms with E-state index in [1.165, 1.54) is 12.7 Å². The zero-order chi connectivity index (χ0) is 20.9. The van der Waals surface area contributed by atoms with Gasteiger partial charge in [-0.15, -0.1) is 0 Å². The highest BCUT2D eigenvalue weighted by atomic mass is 16.5. The number of hydrogen-bond acceptors (Lipinski definition) is 5. The van der Waals surface area contributed by atoms with Crippen LogP contribution in [0, 0.1) is 6.92 Å². The first-order valence-corrected chi connectivity index (χ1v) is 10.3. The summed E-state index contributed by atoms with van der Waals surface area (Å²) in [7, 11) is 0. The van der Waals surface area contributed by atoms with Crippen LogP contribution in [0.1, 0.15) is 37.7 Å². The van der Waals surface area contributed by atoms with Crippen LogP contribution in [0.25, 0.3) is 11.0 Å². The van der Waals surface area contributed by atoms with Crippen LogP contribution in [0.3, 0.4) is 0 Å². The maximum atomic E-state index is 12.7. The normalized spacial score (nSPS) is 14.4. The minimum atomic E-state index is -0.264. The summed E-state index contributed by atoms with van der Waals surface area (Å²) < 4.78 is 16.9. The largest absolute Gasteiger partial charge is 0.484 e. The number of hydrogen-bond donors (Lipinski definition) is 1. The Kier molecular flexibility index (Phi) is 6.02. The van der Waals surface area contributed by atoms with Crippen molar-refractivity contribution in [1.29, 1.82) is 0 Å². The fourth-order valence-electron chi connectivity index (χ4n) is 3.72. The molecular weight excluding hydrogens is 382 g/mol. The fourth-order valence-corrected chi connectivity index (χ4v) is 3.72. The first-order valence-electron chi connectivity index (χ1n) is 10.3. The molecule has 3 aromatic rings. The number of amides is 1. The molecule has 6 heteroatoms. The zero-order valence-electron chi connectivity index (χ0n) is 17.0. The maximum Gasteiger partial charge on any atom is 0.258 e. The monoisotopic (exact) mass is 407 g/mol. The Morgan fingerprint density at radius 2 is 1.93 bits per heavy atom. The lowest BCUT2D eigenvalue weighted by molar-refractivity contribution is -0.124.